The minimum Gasteiger partial charge on any atom is -0.507 e. The fraction of sp³-hybridized carbons (Fsp3) is 0.364. The molecular weight excluding hydrogens is 359 g/mol. The number of aromatic hydroxyl groups is 1. The van der Waals surface area contributed by atoms with E-state index >= 15 is 0 Å². The number of carbonyl (C=O) groups excluding carboxylic acids is 2. The first-order valence-corrected chi connectivity index (χ1v) is 9.46. The maximum absolute atomic E-state index is 13.8. The van der Waals surface area contributed by atoms with Crippen LogP contribution >= 0.6 is 0 Å². The standard InChI is InChI=1S/C22H23FN2O3/c1-13-6-7-20(27)18(8-13)22(28)24-10-16-11-25(14(2)26)21(19(16)12-24)15-4-3-5-17(23)9-15/h3-9,16,19,21,27H,10-12H2,1-2H3/t16-,19-,21-/m1/s1. The van der Waals surface area contributed by atoms with Crippen molar-refractivity contribution in [1.29, 1.82) is 0 Å². The van der Waals surface area contributed by atoms with Crippen LogP contribution in [0.15, 0.2) is 42.5 Å². The number of phenolic OH excluding ortho intramolecular Hbond substituents is 1. The first-order valence-electron chi connectivity index (χ1n) is 9.46. The molecule has 1 N–H and O–H groups in total. The zero-order chi connectivity index (χ0) is 20.0. The number of benzene rings is 2. The second-order valence-electron chi connectivity index (χ2n) is 7.83. The summed E-state index contributed by atoms with van der Waals surface area (Å²) in [6.07, 6.45) is 0. The van der Waals surface area contributed by atoms with Crippen molar-refractivity contribution in [3.8, 4) is 5.75 Å². The molecule has 6 heteroatoms. The Hall–Kier alpha value is -2.89. The van der Waals surface area contributed by atoms with Crippen LogP contribution in [0.1, 0.15) is 34.5 Å². The summed E-state index contributed by atoms with van der Waals surface area (Å²) in [6, 6.07) is 11.1. The first kappa shape index (κ1) is 18.5. The van der Waals surface area contributed by atoms with Gasteiger partial charge in [0.15, 0.2) is 0 Å². The summed E-state index contributed by atoms with van der Waals surface area (Å²) in [6.45, 7) is 4.94. The van der Waals surface area contributed by atoms with Crippen LogP contribution in [0.25, 0.3) is 0 Å². The van der Waals surface area contributed by atoms with Gasteiger partial charge in [-0.15, -0.1) is 0 Å². The molecule has 0 saturated carbocycles. The number of nitrogens with zero attached hydrogens (tertiary/aromatic N) is 2. The van der Waals surface area contributed by atoms with Crippen LogP contribution < -0.4 is 0 Å². The van der Waals surface area contributed by atoms with E-state index in [4.69, 9.17) is 0 Å². The molecular formula is C22H23FN2O3. The van der Waals surface area contributed by atoms with E-state index in [-0.39, 0.29) is 41.3 Å². The maximum Gasteiger partial charge on any atom is 0.257 e. The summed E-state index contributed by atoms with van der Waals surface area (Å²) in [7, 11) is 0. The van der Waals surface area contributed by atoms with Gasteiger partial charge in [-0.3, -0.25) is 9.59 Å². The van der Waals surface area contributed by atoms with Crippen molar-refractivity contribution in [3.63, 3.8) is 0 Å². The van der Waals surface area contributed by atoms with Gasteiger partial charge in [0.1, 0.15) is 11.6 Å². The summed E-state index contributed by atoms with van der Waals surface area (Å²) < 4.78 is 13.8. The van der Waals surface area contributed by atoms with Gasteiger partial charge < -0.3 is 14.9 Å². The highest BCUT2D eigenvalue weighted by atomic mass is 19.1. The fourth-order valence-electron chi connectivity index (χ4n) is 4.64. The molecule has 0 aromatic heterocycles. The van der Waals surface area contributed by atoms with Gasteiger partial charge in [-0.2, -0.15) is 0 Å². The Kier molecular flexibility index (Phi) is 4.57. The van der Waals surface area contributed by atoms with E-state index in [1.165, 1.54) is 25.1 Å². The lowest BCUT2D eigenvalue weighted by molar-refractivity contribution is -0.130. The molecule has 2 aliphatic rings. The van der Waals surface area contributed by atoms with Crippen molar-refractivity contribution >= 4 is 11.8 Å². The molecule has 0 aliphatic carbocycles. The number of phenols is 1. The molecule has 2 heterocycles. The number of amides is 2. The van der Waals surface area contributed by atoms with E-state index in [9.17, 15) is 19.1 Å². The fourth-order valence-corrected chi connectivity index (χ4v) is 4.64. The van der Waals surface area contributed by atoms with Crippen molar-refractivity contribution < 1.29 is 19.1 Å². The molecule has 2 fully saturated rings. The molecule has 2 saturated heterocycles. The van der Waals surface area contributed by atoms with E-state index in [0.717, 1.165) is 11.1 Å². The van der Waals surface area contributed by atoms with Crippen LogP contribution in [0.2, 0.25) is 0 Å². The quantitative estimate of drug-likeness (QED) is 0.868. The molecule has 0 radical (unpaired) electrons. The van der Waals surface area contributed by atoms with Gasteiger partial charge in [0, 0.05) is 38.4 Å². The Balaban J connectivity index is 1.62. The van der Waals surface area contributed by atoms with Gasteiger partial charge in [-0.05, 0) is 36.8 Å². The van der Waals surface area contributed by atoms with E-state index in [1.807, 2.05) is 13.0 Å². The SMILES string of the molecule is CC(=O)N1C[C@H]2CN(C(=O)c3cc(C)ccc3O)C[C@H]2[C@H]1c1cccc(F)c1. The zero-order valence-corrected chi connectivity index (χ0v) is 15.9. The van der Waals surface area contributed by atoms with Crippen molar-refractivity contribution in [2.24, 2.45) is 11.8 Å². The largest absolute Gasteiger partial charge is 0.507 e. The van der Waals surface area contributed by atoms with Crippen molar-refractivity contribution in [1.82, 2.24) is 9.80 Å². The molecule has 4 rings (SSSR count). The number of rotatable bonds is 2. The number of carbonyl (C=O) groups is 2. The topological polar surface area (TPSA) is 60.9 Å². The summed E-state index contributed by atoms with van der Waals surface area (Å²) in [5.41, 5.74) is 1.96. The van der Waals surface area contributed by atoms with Crippen LogP contribution in [0.3, 0.4) is 0 Å². The van der Waals surface area contributed by atoms with Crippen LogP contribution in [0.4, 0.5) is 4.39 Å². The first-order chi connectivity index (χ1) is 13.3. The predicted molar refractivity (Wildman–Crippen MR) is 102 cm³/mol. The number of hydrogen-bond acceptors (Lipinski definition) is 3. The van der Waals surface area contributed by atoms with Gasteiger partial charge >= 0.3 is 0 Å². The van der Waals surface area contributed by atoms with E-state index in [0.29, 0.717) is 25.2 Å². The van der Waals surface area contributed by atoms with Crippen LogP contribution in [0, 0.1) is 24.6 Å². The molecule has 2 aromatic carbocycles. The molecule has 2 aliphatic heterocycles. The Morgan fingerprint density at radius 2 is 1.89 bits per heavy atom. The minimum atomic E-state index is -0.333. The smallest absolute Gasteiger partial charge is 0.257 e. The lowest BCUT2D eigenvalue weighted by atomic mass is 9.89. The normalized spacial score (nSPS) is 23.8. The van der Waals surface area contributed by atoms with Gasteiger partial charge in [-0.25, -0.2) is 4.39 Å². The van der Waals surface area contributed by atoms with Crippen LogP contribution in [-0.2, 0) is 4.79 Å². The predicted octanol–water partition coefficient (Wildman–Crippen LogP) is 3.13. The van der Waals surface area contributed by atoms with Gasteiger partial charge in [0.25, 0.3) is 5.91 Å². The monoisotopic (exact) mass is 382 g/mol. The number of likely N-dealkylation sites (tertiary alicyclic amines) is 2. The number of fused-ring (bicyclic) bond motifs is 1. The van der Waals surface area contributed by atoms with Crippen LogP contribution in [0.5, 0.6) is 5.75 Å². The van der Waals surface area contributed by atoms with Crippen molar-refractivity contribution in [2.45, 2.75) is 19.9 Å². The lowest BCUT2D eigenvalue weighted by Crippen LogP contribution is -2.36. The van der Waals surface area contributed by atoms with E-state index in [2.05, 4.69) is 0 Å². The maximum atomic E-state index is 13.8. The minimum absolute atomic E-state index is 0.0281. The van der Waals surface area contributed by atoms with Crippen molar-refractivity contribution in [2.75, 3.05) is 19.6 Å². The Bertz CT molecular complexity index is 945. The third-order valence-corrected chi connectivity index (χ3v) is 5.93. The van der Waals surface area contributed by atoms with Gasteiger partial charge in [0.2, 0.25) is 5.91 Å². The molecule has 0 bridgehead atoms. The number of hydrogen-bond donors (Lipinski definition) is 1. The average Bonchev–Trinajstić information content (AvgIpc) is 3.21. The molecule has 146 valence electrons. The molecule has 2 aromatic rings. The highest BCUT2D eigenvalue weighted by Gasteiger charge is 2.49. The lowest BCUT2D eigenvalue weighted by Gasteiger charge is -2.29. The Morgan fingerprint density at radius 3 is 2.61 bits per heavy atom. The Labute approximate surface area is 163 Å². The highest BCUT2D eigenvalue weighted by molar-refractivity contribution is 5.97. The van der Waals surface area contributed by atoms with Crippen molar-refractivity contribution in [3.05, 3.63) is 65.0 Å². The molecule has 28 heavy (non-hydrogen) atoms. The Morgan fingerprint density at radius 1 is 1.11 bits per heavy atom. The van der Waals surface area contributed by atoms with Crippen LogP contribution in [-0.4, -0.2) is 46.4 Å². The van der Waals surface area contributed by atoms with Gasteiger partial charge in [-0.1, -0.05) is 23.8 Å². The van der Waals surface area contributed by atoms with Gasteiger partial charge in [0.05, 0.1) is 11.6 Å². The molecule has 5 nitrogen and oxygen atoms in total. The average molecular weight is 382 g/mol. The number of halogens is 1. The highest BCUT2D eigenvalue weighted by Crippen LogP contribution is 2.45. The van der Waals surface area contributed by atoms with E-state index in [1.54, 1.807) is 28.0 Å². The molecule has 3 atom stereocenters. The summed E-state index contributed by atoms with van der Waals surface area (Å²) >= 11 is 0. The van der Waals surface area contributed by atoms with E-state index < -0.39 is 0 Å². The number of aryl methyl sites for hydroxylation is 1. The molecule has 2 amide bonds. The second kappa shape index (κ2) is 6.93. The molecule has 0 spiro atoms. The summed E-state index contributed by atoms with van der Waals surface area (Å²) in [5.74, 6) is -0.435. The summed E-state index contributed by atoms with van der Waals surface area (Å²) in [4.78, 5) is 28.7. The second-order valence-corrected chi connectivity index (χ2v) is 7.83. The third kappa shape index (κ3) is 3.13. The third-order valence-electron chi connectivity index (χ3n) is 5.93. The summed E-state index contributed by atoms with van der Waals surface area (Å²) in [5, 5.41) is 10.1. The molecule has 0 unspecified atom stereocenters. The zero-order valence-electron chi connectivity index (χ0n) is 15.9.